The van der Waals surface area contributed by atoms with Gasteiger partial charge < -0.3 is 14.6 Å². The molecule has 0 radical (unpaired) electrons. The Balaban J connectivity index is 0.000000423. The number of carbonyl (C=O) groups excluding carboxylic acids is 1. The lowest BCUT2D eigenvalue weighted by atomic mass is 10.1. The lowest BCUT2D eigenvalue weighted by Gasteiger charge is -2.06. The van der Waals surface area contributed by atoms with Crippen LogP contribution < -0.4 is 4.74 Å². The van der Waals surface area contributed by atoms with Crippen LogP contribution in [0.1, 0.15) is 19.4 Å². The largest absolute Gasteiger partial charge is 0.494 e. The van der Waals surface area contributed by atoms with Crippen LogP contribution in [0.4, 0.5) is 0 Å². The Morgan fingerprint density at radius 3 is 2.40 bits per heavy atom. The van der Waals surface area contributed by atoms with Gasteiger partial charge in [0.15, 0.2) is 0 Å². The van der Waals surface area contributed by atoms with E-state index in [2.05, 4.69) is 13.0 Å². The maximum Gasteiger partial charge on any atom is 0.145 e. The minimum atomic E-state index is -0.361. The standard InChI is InChI=1S/C10H14O.C2H4O2/c1-3-9-7-5-6-8-10(9)11-4-2;3-1-2-4/h5-8H,3-4H2,1-2H3;1,4H,2H2. The molecule has 1 aromatic rings. The third-order valence-electron chi connectivity index (χ3n) is 1.73. The maximum absolute atomic E-state index is 8.92. The summed E-state index contributed by atoms with van der Waals surface area (Å²) in [6.45, 7) is 4.53. The van der Waals surface area contributed by atoms with E-state index in [9.17, 15) is 0 Å². The number of hydrogen-bond acceptors (Lipinski definition) is 3. The van der Waals surface area contributed by atoms with Gasteiger partial charge in [-0.15, -0.1) is 0 Å². The van der Waals surface area contributed by atoms with Gasteiger partial charge in [0.05, 0.1) is 13.2 Å². The number of aldehydes is 1. The first-order chi connectivity index (χ1) is 7.29. The van der Waals surface area contributed by atoms with Crippen molar-refractivity contribution in [1.29, 1.82) is 0 Å². The zero-order chi connectivity index (χ0) is 11.5. The number of aryl methyl sites for hydroxylation is 1. The fraction of sp³-hybridized carbons (Fsp3) is 0.417. The van der Waals surface area contributed by atoms with Crippen LogP contribution in [0, 0.1) is 0 Å². The first-order valence-corrected chi connectivity index (χ1v) is 5.05. The predicted octanol–water partition coefficient (Wildman–Crippen LogP) is 1.83. The van der Waals surface area contributed by atoms with E-state index in [0.29, 0.717) is 6.29 Å². The minimum Gasteiger partial charge on any atom is -0.494 e. The smallest absolute Gasteiger partial charge is 0.145 e. The average molecular weight is 210 g/mol. The SMILES string of the molecule is CCOc1ccccc1CC.O=CCO. The number of aliphatic hydroxyl groups is 1. The second-order valence-corrected chi connectivity index (χ2v) is 2.74. The van der Waals surface area contributed by atoms with Crippen LogP contribution in [0.15, 0.2) is 24.3 Å². The van der Waals surface area contributed by atoms with Gasteiger partial charge >= 0.3 is 0 Å². The summed E-state index contributed by atoms with van der Waals surface area (Å²) in [4.78, 5) is 8.92. The predicted molar refractivity (Wildman–Crippen MR) is 60.1 cm³/mol. The van der Waals surface area contributed by atoms with Crippen molar-refractivity contribution in [1.82, 2.24) is 0 Å². The van der Waals surface area contributed by atoms with Gasteiger partial charge in [-0.25, -0.2) is 0 Å². The van der Waals surface area contributed by atoms with Crippen LogP contribution in [0.2, 0.25) is 0 Å². The molecule has 1 rings (SSSR count). The molecule has 0 aliphatic rings. The first-order valence-electron chi connectivity index (χ1n) is 5.05. The molecule has 1 N–H and O–H groups in total. The molecule has 0 heterocycles. The number of aliphatic hydroxyl groups excluding tert-OH is 1. The number of rotatable bonds is 4. The molecule has 84 valence electrons. The maximum atomic E-state index is 8.92. The Labute approximate surface area is 90.7 Å². The summed E-state index contributed by atoms with van der Waals surface area (Å²) in [5.41, 5.74) is 1.29. The average Bonchev–Trinajstić information content (AvgIpc) is 2.30. The Morgan fingerprint density at radius 1 is 1.33 bits per heavy atom. The second kappa shape index (κ2) is 9.21. The van der Waals surface area contributed by atoms with Crippen molar-refractivity contribution >= 4 is 6.29 Å². The molecule has 0 unspecified atom stereocenters. The van der Waals surface area contributed by atoms with Crippen molar-refractivity contribution in [3.05, 3.63) is 29.8 Å². The number of carbonyl (C=O) groups is 1. The van der Waals surface area contributed by atoms with Gasteiger partial charge in [-0.1, -0.05) is 25.1 Å². The normalized spacial score (nSPS) is 8.73. The van der Waals surface area contributed by atoms with Crippen molar-refractivity contribution in [2.45, 2.75) is 20.3 Å². The molecule has 0 aliphatic heterocycles. The Kier molecular flexibility index (Phi) is 8.39. The molecule has 0 aliphatic carbocycles. The summed E-state index contributed by atoms with van der Waals surface area (Å²) < 4.78 is 5.43. The molecule has 0 saturated heterocycles. The zero-order valence-electron chi connectivity index (χ0n) is 9.27. The zero-order valence-corrected chi connectivity index (χ0v) is 9.27. The van der Waals surface area contributed by atoms with Gasteiger partial charge in [0.25, 0.3) is 0 Å². The van der Waals surface area contributed by atoms with E-state index in [1.165, 1.54) is 5.56 Å². The van der Waals surface area contributed by atoms with Crippen LogP contribution >= 0.6 is 0 Å². The monoisotopic (exact) mass is 210 g/mol. The van der Waals surface area contributed by atoms with Crippen LogP contribution in [0.3, 0.4) is 0 Å². The highest BCUT2D eigenvalue weighted by Gasteiger charge is 1.97. The quantitative estimate of drug-likeness (QED) is 0.771. The highest BCUT2D eigenvalue weighted by molar-refractivity contribution is 5.49. The summed E-state index contributed by atoms with van der Waals surface area (Å²) in [5.74, 6) is 1.03. The summed E-state index contributed by atoms with van der Waals surface area (Å²) in [5, 5.41) is 7.51. The van der Waals surface area contributed by atoms with Gasteiger partial charge in [-0.05, 0) is 25.0 Å². The van der Waals surface area contributed by atoms with Gasteiger partial charge in [0.1, 0.15) is 12.0 Å². The second-order valence-electron chi connectivity index (χ2n) is 2.74. The molecule has 0 amide bonds. The molecule has 0 fully saturated rings. The molecule has 1 aromatic carbocycles. The molecule has 0 aromatic heterocycles. The van der Waals surface area contributed by atoms with Gasteiger partial charge in [0.2, 0.25) is 0 Å². The van der Waals surface area contributed by atoms with Crippen LogP contribution in [0.5, 0.6) is 5.75 Å². The fourth-order valence-electron chi connectivity index (χ4n) is 1.09. The molecule has 0 saturated carbocycles. The van der Waals surface area contributed by atoms with E-state index in [1.807, 2.05) is 25.1 Å². The molecule has 0 spiro atoms. The third kappa shape index (κ3) is 5.86. The van der Waals surface area contributed by atoms with Crippen molar-refractivity contribution in [3.8, 4) is 5.75 Å². The summed E-state index contributed by atoms with van der Waals surface area (Å²) in [6.07, 6.45) is 1.47. The van der Waals surface area contributed by atoms with Gasteiger partial charge in [-0.3, -0.25) is 0 Å². The molecular formula is C12H18O3. The molecule has 15 heavy (non-hydrogen) atoms. The number of benzene rings is 1. The van der Waals surface area contributed by atoms with E-state index in [4.69, 9.17) is 14.6 Å². The van der Waals surface area contributed by atoms with Crippen molar-refractivity contribution in [2.75, 3.05) is 13.2 Å². The highest BCUT2D eigenvalue weighted by atomic mass is 16.5. The highest BCUT2D eigenvalue weighted by Crippen LogP contribution is 2.17. The summed E-state index contributed by atoms with van der Waals surface area (Å²) in [6, 6.07) is 8.17. The van der Waals surface area contributed by atoms with Crippen molar-refractivity contribution < 1.29 is 14.6 Å². The minimum absolute atomic E-state index is 0.361. The number of ether oxygens (including phenoxy) is 1. The van der Waals surface area contributed by atoms with E-state index in [1.54, 1.807) is 0 Å². The summed E-state index contributed by atoms with van der Waals surface area (Å²) in [7, 11) is 0. The Morgan fingerprint density at radius 2 is 1.93 bits per heavy atom. The van der Waals surface area contributed by atoms with Crippen LogP contribution in [0.25, 0.3) is 0 Å². The first kappa shape index (κ1) is 13.7. The number of hydrogen-bond donors (Lipinski definition) is 1. The molecule has 0 bridgehead atoms. The van der Waals surface area contributed by atoms with E-state index in [0.717, 1.165) is 18.8 Å². The fourth-order valence-corrected chi connectivity index (χ4v) is 1.09. The van der Waals surface area contributed by atoms with E-state index >= 15 is 0 Å². The number of para-hydroxylation sites is 1. The third-order valence-corrected chi connectivity index (χ3v) is 1.73. The van der Waals surface area contributed by atoms with E-state index < -0.39 is 0 Å². The molecule has 3 heteroatoms. The summed E-state index contributed by atoms with van der Waals surface area (Å²) >= 11 is 0. The van der Waals surface area contributed by atoms with Crippen LogP contribution in [-0.4, -0.2) is 24.6 Å². The van der Waals surface area contributed by atoms with Crippen molar-refractivity contribution in [3.63, 3.8) is 0 Å². The molecule has 3 nitrogen and oxygen atoms in total. The topological polar surface area (TPSA) is 46.5 Å². The van der Waals surface area contributed by atoms with E-state index in [-0.39, 0.29) is 6.61 Å². The van der Waals surface area contributed by atoms with Gasteiger partial charge in [-0.2, -0.15) is 0 Å². The molecule has 0 atom stereocenters. The van der Waals surface area contributed by atoms with Gasteiger partial charge in [0, 0.05) is 0 Å². The Hall–Kier alpha value is -1.35. The van der Waals surface area contributed by atoms with Crippen LogP contribution in [-0.2, 0) is 11.2 Å². The molecular weight excluding hydrogens is 192 g/mol. The van der Waals surface area contributed by atoms with Crippen molar-refractivity contribution in [2.24, 2.45) is 0 Å². The Bertz CT molecular complexity index is 271. The lowest BCUT2D eigenvalue weighted by molar-refractivity contribution is -0.110. The lowest BCUT2D eigenvalue weighted by Crippen LogP contribution is -1.94.